The van der Waals surface area contributed by atoms with E-state index in [9.17, 15) is 0 Å². The third kappa shape index (κ3) is 3.25. The van der Waals surface area contributed by atoms with E-state index < -0.39 is 0 Å². The van der Waals surface area contributed by atoms with Gasteiger partial charge in [0, 0.05) is 0 Å². The number of nitrogens with zero attached hydrogens (tertiary/aromatic N) is 3. The molecule has 1 saturated carbocycles. The zero-order valence-electron chi connectivity index (χ0n) is 13.1. The molecule has 3 unspecified atom stereocenters. The maximum absolute atomic E-state index is 8.97. The number of oxime groups is 1. The van der Waals surface area contributed by atoms with Gasteiger partial charge in [0.2, 0.25) is 5.88 Å². The van der Waals surface area contributed by atoms with Crippen LogP contribution < -0.4 is 10.5 Å². The maximum Gasteiger partial charge on any atom is 0.245 e. The molecule has 1 aromatic rings. The van der Waals surface area contributed by atoms with Gasteiger partial charge in [0.1, 0.15) is 6.10 Å². The van der Waals surface area contributed by atoms with Gasteiger partial charge in [0.05, 0.1) is 11.3 Å². The summed E-state index contributed by atoms with van der Waals surface area (Å²) in [7, 11) is 0. The number of aromatic nitrogens is 2. The molecule has 0 spiro atoms. The van der Waals surface area contributed by atoms with E-state index in [2.05, 4.69) is 29.2 Å². The minimum Gasteiger partial charge on any atom is -0.473 e. The Balaban J connectivity index is 2.26. The predicted octanol–water partition coefficient (Wildman–Crippen LogP) is 2.39. The van der Waals surface area contributed by atoms with Gasteiger partial charge in [-0.25, -0.2) is 0 Å². The van der Waals surface area contributed by atoms with Crippen LogP contribution in [-0.2, 0) is 0 Å². The van der Waals surface area contributed by atoms with Gasteiger partial charge >= 0.3 is 0 Å². The molecule has 1 aliphatic rings. The first-order valence-electron chi connectivity index (χ1n) is 7.42. The summed E-state index contributed by atoms with van der Waals surface area (Å²) in [6.07, 6.45) is 3.24. The molecule has 0 bridgehead atoms. The van der Waals surface area contributed by atoms with Gasteiger partial charge < -0.3 is 15.7 Å². The predicted molar refractivity (Wildman–Crippen MR) is 80.6 cm³/mol. The third-order valence-electron chi connectivity index (χ3n) is 4.61. The highest BCUT2D eigenvalue weighted by Gasteiger charge is 2.27. The summed E-state index contributed by atoms with van der Waals surface area (Å²) in [5.74, 6) is 1.72. The molecule has 21 heavy (non-hydrogen) atoms. The molecule has 6 heteroatoms. The Morgan fingerprint density at radius 2 is 1.95 bits per heavy atom. The summed E-state index contributed by atoms with van der Waals surface area (Å²) in [4.78, 5) is 0. The lowest BCUT2D eigenvalue weighted by atomic mass is 9.80. The van der Waals surface area contributed by atoms with E-state index >= 15 is 0 Å². The van der Waals surface area contributed by atoms with Crippen molar-refractivity contribution in [1.82, 2.24) is 10.2 Å². The first-order valence-corrected chi connectivity index (χ1v) is 7.42. The first kappa shape index (κ1) is 15.5. The van der Waals surface area contributed by atoms with Gasteiger partial charge in [-0.1, -0.05) is 19.0 Å². The molecule has 3 N–H and O–H groups in total. The molecule has 1 aromatic heterocycles. The zero-order chi connectivity index (χ0) is 15.6. The molecular formula is C15H24N4O2. The largest absolute Gasteiger partial charge is 0.473 e. The fraction of sp³-hybridized carbons (Fsp3) is 0.667. The average molecular weight is 292 g/mol. The zero-order valence-corrected chi connectivity index (χ0v) is 13.1. The summed E-state index contributed by atoms with van der Waals surface area (Å²) in [5.41, 5.74) is 7.88. The molecule has 2 rings (SSSR count). The SMILES string of the molecule is Cc1nnc(OC2CCC(C)C(C)C2)c(C(N)=NO)c1C. The van der Waals surface area contributed by atoms with Crippen molar-refractivity contribution >= 4 is 5.84 Å². The molecule has 3 atom stereocenters. The lowest BCUT2D eigenvalue weighted by Gasteiger charge is -2.32. The van der Waals surface area contributed by atoms with Crippen LogP contribution in [0.2, 0.25) is 0 Å². The molecule has 1 fully saturated rings. The molecule has 116 valence electrons. The molecule has 0 saturated heterocycles. The van der Waals surface area contributed by atoms with E-state index in [1.807, 2.05) is 13.8 Å². The number of rotatable bonds is 3. The second-order valence-electron chi connectivity index (χ2n) is 6.08. The van der Waals surface area contributed by atoms with Gasteiger partial charge in [-0.3, -0.25) is 0 Å². The van der Waals surface area contributed by atoms with Crippen molar-refractivity contribution in [3.8, 4) is 5.88 Å². The monoisotopic (exact) mass is 292 g/mol. The Morgan fingerprint density at radius 1 is 1.24 bits per heavy atom. The Hall–Kier alpha value is -1.85. The van der Waals surface area contributed by atoms with Gasteiger partial charge in [-0.05, 0) is 50.5 Å². The molecule has 0 aromatic carbocycles. The van der Waals surface area contributed by atoms with Gasteiger partial charge in [-0.15, -0.1) is 5.10 Å². The Morgan fingerprint density at radius 3 is 2.57 bits per heavy atom. The first-order chi connectivity index (χ1) is 9.93. The lowest BCUT2D eigenvalue weighted by Crippen LogP contribution is -2.30. The van der Waals surface area contributed by atoms with Crippen LogP contribution in [0.1, 0.15) is 49.9 Å². The topological polar surface area (TPSA) is 93.6 Å². The fourth-order valence-corrected chi connectivity index (χ4v) is 2.78. The number of nitrogens with two attached hydrogens (primary N) is 1. The number of hydrogen-bond acceptors (Lipinski definition) is 5. The molecule has 0 aliphatic heterocycles. The second kappa shape index (κ2) is 6.28. The third-order valence-corrected chi connectivity index (χ3v) is 4.61. The summed E-state index contributed by atoms with van der Waals surface area (Å²) in [6, 6.07) is 0. The van der Waals surface area contributed by atoms with E-state index in [-0.39, 0.29) is 11.9 Å². The van der Waals surface area contributed by atoms with Crippen LogP contribution in [0.4, 0.5) is 0 Å². The standard InChI is InChI=1S/C15H24N4O2/c1-8-5-6-12(7-9(8)2)21-15-13(14(16)19-20)10(3)11(4)17-18-15/h8-9,12,20H,5-7H2,1-4H3,(H2,16,19). The van der Waals surface area contributed by atoms with Crippen molar-refractivity contribution in [2.24, 2.45) is 22.7 Å². The van der Waals surface area contributed by atoms with E-state index in [4.69, 9.17) is 15.7 Å². The molecule has 1 heterocycles. The van der Waals surface area contributed by atoms with E-state index in [1.54, 1.807) is 0 Å². The highest BCUT2D eigenvalue weighted by atomic mass is 16.5. The van der Waals surface area contributed by atoms with Crippen LogP contribution in [0.15, 0.2) is 5.16 Å². The maximum atomic E-state index is 8.97. The Bertz CT molecular complexity index is 545. The highest BCUT2D eigenvalue weighted by Crippen LogP contribution is 2.32. The Labute approximate surface area is 125 Å². The highest BCUT2D eigenvalue weighted by molar-refractivity contribution is 6.00. The van der Waals surface area contributed by atoms with Crippen molar-refractivity contribution in [2.45, 2.75) is 53.1 Å². The molecule has 1 aliphatic carbocycles. The van der Waals surface area contributed by atoms with Gasteiger partial charge in [0.15, 0.2) is 5.84 Å². The van der Waals surface area contributed by atoms with Crippen LogP contribution in [0.3, 0.4) is 0 Å². The molecule has 0 amide bonds. The number of aryl methyl sites for hydroxylation is 1. The van der Waals surface area contributed by atoms with Crippen molar-refractivity contribution < 1.29 is 9.94 Å². The summed E-state index contributed by atoms with van der Waals surface area (Å²) in [6.45, 7) is 8.23. The van der Waals surface area contributed by atoms with Gasteiger partial charge in [-0.2, -0.15) is 5.10 Å². The summed E-state index contributed by atoms with van der Waals surface area (Å²) < 4.78 is 6.02. The van der Waals surface area contributed by atoms with Crippen molar-refractivity contribution in [2.75, 3.05) is 0 Å². The fourth-order valence-electron chi connectivity index (χ4n) is 2.78. The number of hydrogen-bond donors (Lipinski definition) is 2. The molecular weight excluding hydrogens is 268 g/mol. The van der Waals surface area contributed by atoms with Crippen LogP contribution in [0.25, 0.3) is 0 Å². The van der Waals surface area contributed by atoms with Crippen molar-refractivity contribution in [1.29, 1.82) is 0 Å². The van der Waals surface area contributed by atoms with E-state index in [0.29, 0.717) is 17.4 Å². The van der Waals surface area contributed by atoms with Crippen LogP contribution in [-0.4, -0.2) is 27.3 Å². The summed E-state index contributed by atoms with van der Waals surface area (Å²) >= 11 is 0. The average Bonchev–Trinajstić information content (AvgIpc) is 2.46. The smallest absolute Gasteiger partial charge is 0.245 e. The quantitative estimate of drug-likeness (QED) is 0.386. The molecule has 0 radical (unpaired) electrons. The minimum atomic E-state index is 0.0118. The van der Waals surface area contributed by atoms with Crippen molar-refractivity contribution in [3.05, 3.63) is 16.8 Å². The Kier molecular flexibility index (Phi) is 4.65. The summed E-state index contributed by atoms with van der Waals surface area (Å²) in [5, 5.41) is 20.2. The normalized spacial score (nSPS) is 26.7. The van der Waals surface area contributed by atoms with Crippen LogP contribution in [0.5, 0.6) is 5.88 Å². The van der Waals surface area contributed by atoms with Crippen molar-refractivity contribution in [3.63, 3.8) is 0 Å². The number of ether oxygens (including phenoxy) is 1. The minimum absolute atomic E-state index is 0.0118. The lowest BCUT2D eigenvalue weighted by molar-refractivity contribution is 0.0951. The van der Waals surface area contributed by atoms with Crippen LogP contribution >= 0.6 is 0 Å². The second-order valence-corrected chi connectivity index (χ2v) is 6.08. The van der Waals surface area contributed by atoms with Crippen LogP contribution in [0, 0.1) is 25.7 Å². The molecule has 6 nitrogen and oxygen atoms in total. The van der Waals surface area contributed by atoms with Gasteiger partial charge in [0.25, 0.3) is 0 Å². The van der Waals surface area contributed by atoms with E-state index in [1.165, 1.54) is 0 Å². The van der Waals surface area contributed by atoms with E-state index in [0.717, 1.165) is 36.4 Å². The number of amidine groups is 1.